The highest BCUT2D eigenvalue weighted by atomic mass is 32.1. The number of thiophene rings is 1. The van der Waals surface area contributed by atoms with Gasteiger partial charge in [0.1, 0.15) is 5.82 Å². The number of hydrogen-bond donors (Lipinski definition) is 0. The highest BCUT2D eigenvalue weighted by Crippen LogP contribution is 2.19. The number of hydrogen-bond acceptors (Lipinski definition) is 4. The third kappa shape index (κ3) is 4.68. The Bertz CT molecular complexity index is 980. The number of carbonyl (C=O) groups is 2. The number of carbonyl (C=O) groups excluding carboxylic acids is 2. The van der Waals surface area contributed by atoms with Crippen molar-refractivity contribution in [1.82, 2.24) is 9.55 Å². The van der Waals surface area contributed by atoms with Crippen LogP contribution in [0.2, 0.25) is 0 Å². The van der Waals surface area contributed by atoms with Crippen LogP contribution in [0.1, 0.15) is 46.2 Å². The lowest BCUT2D eigenvalue weighted by molar-refractivity contribution is -0.113. The SMILES string of the molecule is CC(=O)/C(=C/c1cnc(C)n1Cc1ccc(C(C)=O)cc1)Cc1cccs1. The smallest absolute Gasteiger partial charge is 0.159 e. The average Bonchev–Trinajstić information content (AvgIpc) is 3.26. The molecule has 0 N–H and O–H groups in total. The highest BCUT2D eigenvalue weighted by molar-refractivity contribution is 7.09. The fraction of sp³-hybridized carbons (Fsp3) is 0.227. The lowest BCUT2D eigenvalue weighted by Gasteiger charge is -2.10. The van der Waals surface area contributed by atoms with Crippen LogP contribution in [0.4, 0.5) is 0 Å². The zero-order chi connectivity index (χ0) is 19.4. The van der Waals surface area contributed by atoms with E-state index >= 15 is 0 Å². The van der Waals surface area contributed by atoms with E-state index < -0.39 is 0 Å². The van der Waals surface area contributed by atoms with Gasteiger partial charge in [0.2, 0.25) is 0 Å². The van der Waals surface area contributed by atoms with Crippen LogP contribution in [0, 0.1) is 6.92 Å². The van der Waals surface area contributed by atoms with E-state index in [1.807, 2.05) is 54.8 Å². The summed E-state index contributed by atoms with van der Waals surface area (Å²) in [6.07, 6.45) is 4.37. The topological polar surface area (TPSA) is 52.0 Å². The van der Waals surface area contributed by atoms with E-state index in [1.165, 1.54) is 4.88 Å². The average molecular weight is 378 g/mol. The number of ketones is 2. The van der Waals surface area contributed by atoms with Crippen molar-refractivity contribution in [2.45, 2.75) is 33.7 Å². The van der Waals surface area contributed by atoms with Crippen molar-refractivity contribution in [1.29, 1.82) is 0 Å². The maximum atomic E-state index is 12.1. The van der Waals surface area contributed by atoms with Crippen LogP contribution >= 0.6 is 11.3 Å². The summed E-state index contributed by atoms with van der Waals surface area (Å²) >= 11 is 1.65. The van der Waals surface area contributed by atoms with Gasteiger partial charge in [0.25, 0.3) is 0 Å². The van der Waals surface area contributed by atoms with Crippen LogP contribution in [0.5, 0.6) is 0 Å². The molecule has 0 amide bonds. The molecule has 0 aliphatic rings. The molecule has 138 valence electrons. The molecule has 3 aromatic rings. The summed E-state index contributed by atoms with van der Waals surface area (Å²) < 4.78 is 2.08. The summed E-state index contributed by atoms with van der Waals surface area (Å²) in [7, 11) is 0. The third-order valence-corrected chi connectivity index (χ3v) is 5.38. The van der Waals surface area contributed by atoms with Crippen molar-refractivity contribution in [2.24, 2.45) is 0 Å². The number of rotatable bonds is 7. The van der Waals surface area contributed by atoms with Crippen LogP contribution in [-0.2, 0) is 17.8 Å². The van der Waals surface area contributed by atoms with Crippen molar-refractivity contribution in [3.05, 3.63) is 81.1 Å². The molecule has 0 aliphatic carbocycles. The summed E-state index contributed by atoms with van der Waals surface area (Å²) in [4.78, 5) is 29.2. The summed E-state index contributed by atoms with van der Waals surface area (Å²) in [5, 5.41) is 2.02. The van der Waals surface area contributed by atoms with E-state index in [1.54, 1.807) is 31.4 Å². The Morgan fingerprint density at radius 3 is 2.48 bits per heavy atom. The molecule has 0 saturated heterocycles. The molecule has 0 radical (unpaired) electrons. The van der Waals surface area contributed by atoms with Gasteiger partial charge < -0.3 is 4.57 Å². The monoisotopic (exact) mass is 378 g/mol. The lowest BCUT2D eigenvalue weighted by Crippen LogP contribution is -2.06. The van der Waals surface area contributed by atoms with Gasteiger partial charge in [-0.1, -0.05) is 30.3 Å². The Labute approximate surface area is 163 Å². The van der Waals surface area contributed by atoms with E-state index in [0.717, 1.165) is 22.7 Å². The van der Waals surface area contributed by atoms with Crippen LogP contribution in [0.3, 0.4) is 0 Å². The summed E-state index contributed by atoms with van der Waals surface area (Å²) in [5.74, 6) is 1.01. The molecule has 3 rings (SSSR count). The van der Waals surface area contributed by atoms with Crippen molar-refractivity contribution in [3.63, 3.8) is 0 Å². The Morgan fingerprint density at radius 1 is 1.15 bits per heavy atom. The highest BCUT2D eigenvalue weighted by Gasteiger charge is 2.11. The Morgan fingerprint density at radius 2 is 1.89 bits per heavy atom. The molecule has 2 heterocycles. The molecule has 27 heavy (non-hydrogen) atoms. The molecule has 0 atom stereocenters. The molecule has 0 spiro atoms. The van der Waals surface area contributed by atoms with Gasteiger partial charge in [-0.15, -0.1) is 11.3 Å². The van der Waals surface area contributed by atoms with E-state index in [2.05, 4.69) is 9.55 Å². The lowest BCUT2D eigenvalue weighted by atomic mass is 10.1. The third-order valence-electron chi connectivity index (χ3n) is 4.51. The molecule has 0 fully saturated rings. The Hall–Kier alpha value is -2.79. The minimum Gasteiger partial charge on any atom is -0.324 e. The maximum Gasteiger partial charge on any atom is 0.159 e. The zero-order valence-electron chi connectivity index (χ0n) is 15.7. The summed E-state index contributed by atoms with van der Waals surface area (Å²) in [6.45, 7) is 5.76. The quantitative estimate of drug-likeness (QED) is 0.442. The number of allylic oxidation sites excluding steroid dienone is 1. The van der Waals surface area contributed by atoms with Crippen molar-refractivity contribution < 1.29 is 9.59 Å². The standard InChI is InChI=1S/C22H22N2O2S/c1-15(25)19-8-6-18(7-9-19)14-24-17(3)23-13-21(24)11-20(16(2)26)12-22-5-4-10-27-22/h4-11,13H,12,14H2,1-3H3/b20-11+. The van der Waals surface area contributed by atoms with Gasteiger partial charge in [0.15, 0.2) is 11.6 Å². The normalized spacial score (nSPS) is 11.6. The molecule has 0 saturated carbocycles. The maximum absolute atomic E-state index is 12.1. The first-order chi connectivity index (χ1) is 12.9. The number of Topliss-reactive ketones (excluding diaryl/α,β-unsaturated/α-hetero) is 2. The van der Waals surface area contributed by atoms with E-state index in [9.17, 15) is 9.59 Å². The molecule has 5 heteroatoms. The minimum atomic E-state index is 0.0589. The number of nitrogens with zero attached hydrogens (tertiary/aromatic N) is 2. The predicted octanol–water partition coefficient (Wildman–Crippen LogP) is 4.72. The minimum absolute atomic E-state index is 0.0589. The predicted molar refractivity (Wildman–Crippen MR) is 109 cm³/mol. The number of imidazole rings is 1. The fourth-order valence-electron chi connectivity index (χ4n) is 2.89. The van der Waals surface area contributed by atoms with Crippen molar-refractivity contribution >= 4 is 29.0 Å². The molecular formula is C22H22N2O2S. The largest absolute Gasteiger partial charge is 0.324 e. The van der Waals surface area contributed by atoms with Gasteiger partial charge in [-0.3, -0.25) is 9.59 Å². The Kier molecular flexibility index (Phi) is 5.81. The van der Waals surface area contributed by atoms with Gasteiger partial charge in [0, 0.05) is 29.0 Å². The van der Waals surface area contributed by atoms with Gasteiger partial charge in [-0.05, 0) is 43.9 Å². The van der Waals surface area contributed by atoms with E-state index in [4.69, 9.17) is 0 Å². The van der Waals surface area contributed by atoms with Gasteiger partial charge in [-0.25, -0.2) is 4.98 Å². The first-order valence-corrected chi connectivity index (χ1v) is 9.68. The first kappa shape index (κ1) is 19.0. The second kappa shape index (κ2) is 8.27. The van der Waals surface area contributed by atoms with Gasteiger partial charge in [0.05, 0.1) is 11.9 Å². The van der Waals surface area contributed by atoms with E-state index in [-0.39, 0.29) is 11.6 Å². The summed E-state index contributed by atoms with van der Waals surface area (Å²) in [6, 6.07) is 11.6. The Balaban J connectivity index is 1.88. The first-order valence-electron chi connectivity index (χ1n) is 8.80. The van der Waals surface area contributed by atoms with Crippen LogP contribution in [-0.4, -0.2) is 21.1 Å². The summed E-state index contributed by atoms with van der Waals surface area (Å²) in [5.41, 5.74) is 3.46. The fourth-order valence-corrected chi connectivity index (χ4v) is 3.62. The molecule has 4 nitrogen and oxygen atoms in total. The van der Waals surface area contributed by atoms with Crippen molar-refractivity contribution in [2.75, 3.05) is 0 Å². The molecular weight excluding hydrogens is 356 g/mol. The van der Waals surface area contributed by atoms with Gasteiger partial charge in [-0.2, -0.15) is 0 Å². The number of benzene rings is 1. The van der Waals surface area contributed by atoms with Crippen molar-refractivity contribution in [3.8, 4) is 0 Å². The van der Waals surface area contributed by atoms with Crippen LogP contribution in [0.15, 0.2) is 53.5 Å². The molecule has 1 aromatic carbocycles. The zero-order valence-corrected chi connectivity index (χ0v) is 16.5. The second-order valence-electron chi connectivity index (χ2n) is 6.55. The molecule has 0 bridgehead atoms. The number of aryl methyl sites for hydroxylation is 1. The second-order valence-corrected chi connectivity index (χ2v) is 7.58. The van der Waals surface area contributed by atoms with Gasteiger partial charge >= 0.3 is 0 Å². The molecule has 0 aliphatic heterocycles. The van der Waals surface area contributed by atoms with Crippen LogP contribution < -0.4 is 0 Å². The molecule has 2 aromatic heterocycles. The van der Waals surface area contributed by atoms with E-state index in [0.29, 0.717) is 18.5 Å². The van der Waals surface area contributed by atoms with Crippen LogP contribution in [0.25, 0.3) is 6.08 Å². The molecule has 0 unspecified atom stereocenters. The number of aromatic nitrogens is 2.